The third-order valence-electron chi connectivity index (χ3n) is 6.17. The third kappa shape index (κ3) is 3.77. The van der Waals surface area contributed by atoms with Gasteiger partial charge in [0.05, 0.1) is 0 Å². The molecule has 1 aliphatic carbocycles. The van der Waals surface area contributed by atoms with Gasteiger partial charge in [0.15, 0.2) is 11.6 Å². The van der Waals surface area contributed by atoms with Crippen molar-refractivity contribution in [2.75, 3.05) is 25.0 Å². The maximum absolute atomic E-state index is 13.4. The highest BCUT2D eigenvalue weighted by Crippen LogP contribution is 2.33. The summed E-state index contributed by atoms with van der Waals surface area (Å²) in [5.74, 6) is -0.932. The number of benzene rings is 1. The Balaban J connectivity index is 1.44. The number of likely N-dealkylation sites (tertiary alicyclic amines) is 2. The summed E-state index contributed by atoms with van der Waals surface area (Å²) in [5, 5.41) is 2.60. The number of rotatable bonds is 3. The fraction of sp³-hybridized carbons (Fsp3) is 0.600. The summed E-state index contributed by atoms with van der Waals surface area (Å²) in [7, 11) is 0. The number of fused-ring (bicyclic) bond motifs is 2. The van der Waals surface area contributed by atoms with E-state index < -0.39 is 23.7 Å². The predicted octanol–water partition coefficient (Wildman–Crippen LogP) is 3.61. The molecule has 1 aromatic carbocycles. The molecule has 2 saturated heterocycles. The first kappa shape index (κ1) is 18.2. The van der Waals surface area contributed by atoms with E-state index in [1.807, 2.05) is 4.90 Å². The molecule has 3 fully saturated rings. The molecule has 0 aromatic heterocycles. The van der Waals surface area contributed by atoms with Crippen molar-refractivity contribution in [2.24, 2.45) is 11.8 Å². The summed E-state index contributed by atoms with van der Waals surface area (Å²) in [5.41, 5.74) is 0.187. The van der Waals surface area contributed by atoms with Gasteiger partial charge in [-0.05, 0) is 49.7 Å². The Bertz CT molecular complexity index is 736. The van der Waals surface area contributed by atoms with E-state index in [-0.39, 0.29) is 11.6 Å². The van der Waals surface area contributed by atoms with Gasteiger partial charge in [-0.25, -0.2) is 13.6 Å². The highest BCUT2D eigenvalue weighted by Gasteiger charge is 2.43. The van der Waals surface area contributed by atoms with Crippen LogP contribution in [0.1, 0.15) is 38.5 Å². The average Bonchev–Trinajstić information content (AvgIpc) is 3.16. The van der Waals surface area contributed by atoms with Crippen LogP contribution in [0.4, 0.5) is 19.3 Å². The topological polar surface area (TPSA) is 52.7 Å². The first-order valence-electron chi connectivity index (χ1n) is 9.82. The van der Waals surface area contributed by atoms with E-state index in [1.54, 1.807) is 4.90 Å². The van der Waals surface area contributed by atoms with Crippen LogP contribution < -0.4 is 5.32 Å². The molecule has 1 saturated carbocycles. The van der Waals surface area contributed by atoms with Crippen molar-refractivity contribution in [1.82, 2.24) is 9.80 Å². The van der Waals surface area contributed by atoms with Crippen LogP contribution in [0.2, 0.25) is 0 Å². The zero-order valence-corrected chi connectivity index (χ0v) is 15.3. The van der Waals surface area contributed by atoms with Crippen LogP contribution in [0, 0.1) is 23.5 Å². The molecule has 0 unspecified atom stereocenters. The number of nitrogens with zero attached hydrogens (tertiary/aromatic N) is 2. The number of amides is 3. The largest absolute Gasteiger partial charge is 0.340 e. The van der Waals surface area contributed by atoms with Crippen LogP contribution in [0.5, 0.6) is 0 Å². The van der Waals surface area contributed by atoms with Crippen molar-refractivity contribution >= 4 is 17.6 Å². The van der Waals surface area contributed by atoms with E-state index in [9.17, 15) is 18.4 Å². The Morgan fingerprint density at radius 2 is 1.93 bits per heavy atom. The van der Waals surface area contributed by atoms with Crippen molar-refractivity contribution in [3.63, 3.8) is 0 Å². The lowest BCUT2D eigenvalue weighted by Gasteiger charge is -2.46. The lowest BCUT2D eigenvalue weighted by molar-refractivity contribution is -0.144. The number of carbonyl (C=O) groups excluding carboxylic acids is 2. The molecule has 1 aromatic rings. The number of carbonyl (C=O) groups is 2. The highest BCUT2D eigenvalue weighted by molar-refractivity contribution is 5.94. The summed E-state index contributed by atoms with van der Waals surface area (Å²) in [6, 6.07) is 2.36. The number of nitrogens with one attached hydrogen (secondary N) is 1. The van der Waals surface area contributed by atoms with Crippen molar-refractivity contribution in [3.05, 3.63) is 29.8 Å². The Labute approximate surface area is 157 Å². The first-order chi connectivity index (χ1) is 13.0. The Morgan fingerprint density at radius 1 is 1.15 bits per heavy atom. The van der Waals surface area contributed by atoms with Crippen molar-refractivity contribution in [2.45, 2.75) is 44.6 Å². The second-order valence-electron chi connectivity index (χ2n) is 8.05. The standard InChI is InChI=1S/C20H25F2N3O2/c21-16-6-5-15(10-17(16)22)23-20(27)25-8-7-14-9-18(25)19(26)24(12-14)11-13-3-1-2-4-13/h5-6,10,13-14,18H,1-4,7-9,11-12H2,(H,23,27)/t14-,18+/m0/s1. The zero-order valence-electron chi connectivity index (χ0n) is 15.3. The van der Waals surface area contributed by atoms with E-state index in [1.165, 1.54) is 31.7 Å². The van der Waals surface area contributed by atoms with Crippen LogP contribution in [-0.2, 0) is 4.79 Å². The number of halogens is 2. The molecule has 27 heavy (non-hydrogen) atoms. The van der Waals surface area contributed by atoms with Gasteiger partial charge in [-0.1, -0.05) is 12.8 Å². The smallest absolute Gasteiger partial charge is 0.322 e. The number of piperidine rings is 2. The fourth-order valence-corrected chi connectivity index (χ4v) is 4.73. The van der Waals surface area contributed by atoms with Gasteiger partial charge in [-0.15, -0.1) is 0 Å². The summed E-state index contributed by atoms with van der Waals surface area (Å²) in [6.07, 6.45) is 6.38. The molecule has 0 radical (unpaired) electrons. The van der Waals surface area contributed by atoms with Gasteiger partial charge in [-0.2, -0.15) is 0 Å². The summed E-state index contributed by atoms with van der Waals surface area (Å²) < 4.78 is 26.5. The van der Waals surface area contributed by atoms with Gasteiger partial charge >= 0.3 is 6.03 Å². The predicted molar refractivity (Wildman–Crippen MR) is 97.1 cm³/mol. The van der Waals surface area contributed by atoms with Gasteiger partial charge in [0.25, 0.3) is 0 Å². The maximum atomic E-state index is 13.4. The van der Waals surface area contributed by atoms with Crippen LogP contribution >= 0.6 is 0 Å². The summed E-state index contributed by atoms with van der Waals surface area (Å²) >= 11 is 0. The molecule has 7 heteroatoms. The lowest BCUT2D eigenvalue weighted by Crippen LogP contribution is -2.61. The molecule has 0 spiro atoms. The molecule has 146 valence electrons. The molecule has 2 atom stereocenters. The van der Waals surface area contributed by atoms with E-state index in [2.05, 4.69) is 5.32 Å². The van der Waals surface area contributed by atoms with Crippen molar-refractivity contribution < 1.29 is 18.4 Å². The first-order valence-corrected chi connectivity index (χ1v) is 9.82. The Morgan fingerprint density at radius 3 is 2.67 bits per heavy atom. The van der Waals surface area contributed by atoms with Crippen LogP contribution in [-0.4, -0.2) is 47.4 Å². The highest BCUT2D eigenvalue weighted by atomic mass is 19.2. The zero-order chi connectivity index (χ0) is 19.0. The minimum atomic E-state index is -1.01. The van der Waals surface area contributed by atoms with E-state index >= 15 is 0 Å². The molecule has 2 heterocycles. The Kier molecular flexibility index (Phi) is 5.02. The SMILES string of the molecule is O=C1[C@H]2C[C@H](CCN2C(=O)Nc2ccc(F)c(F)c2)CN1CC1CCCC1. The molecular weight excluding hydrogens is 352 g/mol. The van der Waals surface area contributed by atoms with Crippen molar-refractivity contribution in [1.29, 1.82) is 0 Å². The van der Waals surface area contributed by atoms with E-state index in [0.29, 0.717) is 24.8 Å². The van der Waals surface area contributed by atoms with Gasteiger partial charge in [0.2, 0.25) is 5.91 Å². The van der Waals surface area contributed by atoms with Crippen LogP contribution in [0.25, 0.3) is 0 Å². The number of urea groups is 1. The molecule has 3 amide bonds. The average molecular weight is 377 g/mol. The van der Waals surface area contributed by atoms with Crippen LogP contribution in [0.3, 0.4) is 0 Å². The summed E-state index contributed by atoms with van der Waals surface area (Å²) in [4.78, 5) is 29.2. The number of anilines is 1. The second kappa shape index (κ2) is 7.44. The molecular formula is C20H25F2N3O2. The summed E-state index contributed by atoms with van der Waals surface area (Å²) in [6.45, 7) is 2.10. The van der Waals surface area contributed by atoms with E-state index in [4.69, 9.17) is 0 Å². The molecule has 2 aliphatic heterocycles. The van der Waals surface area contributed by atoms with Crippen molar-refractivity contribution in [3.8, 4) is 0 Å². The van der Waals surface area contributed by atoms with E-state index in [0.717, 1.165) is 31.6 Å². The molecule has 5 nitrogen and oxygen atoms in total. The van der Waals surface area contributed by atoms with Gasteiger partial charge < -0.3 is 15.1 Å². The quantitative estimate of drug-likeness (QED) is 0.875. The number of hydrogen-bond donors (Lipinski definition) is 1. The van der Waals surface area contributed by atoms with Gasteiger partial charge in [0, 0.05) is 31.4 Å². The monoisotopic (exact) mass is 377 g/mol. The molecule has 3 aliphatic rings. The number of hydrogen-bond acceptors (Lipinski definition) is 2. The van der Waals surface area contributed by atoms with Gasteiger partial charge in [-0.3, -0.25) is 4.79 Å². The molecule has 4 rings (SSSR count). The lowest BCUT2D eigenvalue weighted by atomic mass is 9.85. The minimum Gasteiger partial charge on any atom is -0.340 e. The minimum absolute atomic E-state index is 0.0262. The molecule has 2 bridgehead atoms. The fourth-order valence-electron chi connectivity index (χ4n) is 4.73. The van der Waals surface area contributed by atoms with Gasteiger partial charge in [0.1, 0.15) is 6.04 Å². The maximum Gasteiger partial charge on any atom is 0.322 e. The second-order valence-corrected chi connectivity index (χ2v) is 8.05. The van der Waals surface area contributed by atoms with Crippen LogP contribution in [0.15, 0.2) is 18.2 Å². The normalized spacial score (nSPS) is 25.8. The third-order valence-corrected chi connectivity index (χ3v) is 6.17. The Hall–Kier alpha value is -2.18. The molecule has 1 N–H and O–H groups in total.